The van der Waals surface area contributed by atoms with E-state index >= 15 is 0 Å². The molecule has 0 spiro atoms. The minimum absolute atomic E-state index is 0.252. The number of carbonyl (C=O) groups excluding carboxylic acids is 1. The number of ether oxygens (including phenoxy) is 1. The van der Waals surface area contributed by atoms with E-state index in [0.29, 0.717) is 11.5 Å². The molecule has 136 valence electrons. The molecule has 2 aromatic carbocycles. The number of esters is 1. The van der Waals surface area contributed by atoms with E-state index in [1.165, 1.54) is 31.2 Å². The third-order valence-electron chi connectivity index (χ3n) is 3.12. The van der Waals surface area contributed by atoms with Crippen LogP contribution in [0.15, 0.2) is 53.4 Å². The number of rotatable bonds is 6. The van der Waals surface area contributed by atoms with Gasteiger partial charge < -0.3 is 9.04 Å². The average Bonchev–Trinajstić information content (AvgIpc) is 2.63. The smallest absolute Gasteiger partial charge is 0.337 e. The zero-order valence-corrected chi connectivity index (χ0v) is 16.3. The normalized spacial score (nSPS) is 10.0. The molecule has 2 rings (SSSR count). The summed E-state index contributed by atoms with van der Waals surface area (Å²) in [6.45, 7) is 9.05. The van der Waals surface area contributed by atoms with Crippen molar-refractivity contribution in [2.75, 3.05) is 18.0 Å². The van der Waals surface area contributed by atoms with Crippen LogP contribution in [0.3, 0.4) is 0 Å². The molecule has 0 atom stereocenters. The van der Waals surface area contributed by atoms with Gasteiger partial charge in [0.2, 0.25) is 0 Å². The standard InChI is InChI=1S/C18H20FNO2S.C2H6/c1-13(2)12-20(23-17-9-7-15(19)8-10-17)16-6-4-5-14(11-16)18(21)22-3;1-2/h4-11,13H,12H2,1-3H3;1-2H3. The van der Waals surface area contributed by atoms with Crippen LogP contribution >= 0.6 is 11.9 Å². The molecule has 0 unspecified atom stereocenters. The molecule has 0 bridgehead atoms. The lowest BCUT2D eigenvalue weighted by molar-refractivity contribution is 0.0601. The zero-order chi connectivity index (χ0) is 18.8. The van der Waals surface area contributed by atoms with Gasteiger partial charge >= 0.3 is 5.97 Å². The fourth-order valence-electron chi connectivity index (χ4n) is 2.06. The lowest BCUT2D eigenvalue weighted by Crippen LogP contribution is -2.20. The molecule has 3 nitrogen and oxygen atoms in total. The summed E-state index contributed by atoms with van der Waals surface area (Å²) >= 11 is 1.52. The summed E-state index contributed by atoms with van der Waals surface area (Å²) in [5.74, 6) is -0.176. The van der Waals surface area contributed by atoms with E-state index in [9.17, 15) is 9.18 Å². The maximum absolute atomic E-state index is 13.1. The molecule has 0 saturated carbocycles. The molecular weight excluding hydrogens is 337 g/mol. The van der Waals surface area contributed by atoms with Gasteiger partial charge in [0.25, 0.3) is 0 Å². The first-order valence-corrected chi connectivity index (χ1v) is 9.16. The third-order valence-corrected chi connectivity index (χ3v) is 4.18. The lowest BCUT2D eigenvalue weighted by Gasteiger charge is -2.25. The highest BCUT2D eigenvalue weighted by molar-refractivity contribution is 8.00. The number of nitrogens with zero attached hydrogens (tertiary/aromatic N) is 1. The van der Waals surface area contributed by atoms with Gasteiger partial charge in [-0.05, 0) is 60.3 Å². The number of hydrogen-bond donors (Lipinski definition) is 0. The minimum Gasteiger partial charge on any atom is -0.465 e. The van der Waals surface area contributed by atoms with E-state index in [1.54, 1.807) is 18.2 Å². The number of hydrogen-bond acceptors (Lipinski definition) is 4. The fourth-order valence-corrected chi connectivity index (χ4v) is 3.16. The van der Waals surface area contributed by atoms with E-state index in [1.807, 2.05) is 32.0 Å². The molecule has 0 N–H and O–H groups in total. The fraction of sp³-hybridized carbons (Fsp3) is 0.350. The van der Waals surface area contributed by atoms with Crippen LogP contribution < -0.4 is 4.31 Å². The van der Waals surface area contributed by atoms with Crippen LogP contribution in [0.1, 0.15) is 38.1 Å². The number of carbonyl (C=O) groups is 1. The van der Waals surface area contributed by atoms with Crippen molar-refractivity contribution >= 4 is 23.6 Å². The first-order valence-electron chi connectivity index (χ1n) is 8.39. The Kier molecular flexibility index (Phi) is 9.06. The molecule has 5 heteroatoms. The topological polar surface area (TPSA) is 29.5 Å². The van der Waals surface area contributed by atoms with Crippen LogP contribution in [0.5, 0.6) is 0 Å². The second-order valence-electron chi connectivity index (χ2n) is 5.54. The van der Waals surface area contributed by atoms with E-state index in [4.69, 9.17) is 4.74 Å². The summed E-state index contributed by atoms with van der Waals surface area (Å²) in [5, 5.41) is 0. The van der Waals surface area contributed by atoms with Crippen LogP contribution in [0.4, 0.5) is 10.1 Å². The van der Waals surface area contributed by atoms with Gasteiger partial charge in [-0.15, -0.1) is 0 Å². The average molecular weight is 363 g/mol. The van der Waals surface area contributed by atoms with Crippen molar-refractivity contribution in [1.29, 1.82) is 0 Å². The third kappa shape index (κ3) is 6.78. The largest absolute Gasteiger partial charge is 0.465 e. The highest BCUT2D eigenvalue weighted by Gasteiger charge is 2.13. The molecule has 0 aliphatic heterocycles. The summed E-state index contributed by atoms with van der Waals surface area (Å²) < 4.78 is 19.9. The monoisotopic (exact) mass is 363 g/mol. The van der Waals surface area contributed by atoms with Crippen molar-refractivity contribution in [3.8, 4) is 0 Å². The highest BCUT2D eigenvalue weighted by Crippen LogP contribution is 2.30. The van der Waals surface area contributed by atoms with Crippen LogP contribution in [-0.2, 0) is 4.74 Å². The Morgan fingerprint density at radius 2 is 1.80 bits per heavy atom. The lowest BCUT2D eigenvalue weighted by atomic mass is 10.2. The van der Waals surface area contributed by atoms with E-state index in [2.05, 4.69) is 18.2 Å². The predicted molar refractivity (Wildman–Crippen MR) is 104 cm³/mol. The van der Waals surface area contributed by atoms with Gasteiger partial charge in [0.1, 0.15) is 5.82 Å². The molecule has 0 aliphatic rings. The highest BCUT2D eigenvalue weighted by atomic mass is 32.2. The molecule has 2 aromatic rings. The number of benzene rings is 2. The summed E-state index contributed by atoms with van der Waals surface area (Å²) in [5.41, 5.74) is 1.43. The van der Waals surface area contributed by atoms with Crippen LogP contribution in [0.2, 0.25) is 0 Å². The Morgan fingerprint density at radius 3 is 2.36 bits per heavy atom. The molecule has 0 radical (unpaired) electrons. The van der Waals surface area contributed by atoms with Crippen LogP contribution in [0, 0.1) is 11.7 Å². The van der Waals surface area contributed by atoms with Crippen LogP contribution in [-0.4, -0.2) is 19.6 Å². The predicted octanol–water partition coefficient (Wildman–Crippen LogP) is 5.81. The summed E-state index contributed by atoms with van der Waals surface area (Å²) in [7, 11) is 1.37. The Bertz CT molecular complexity index is 659. The van der Waals surface area contributed by atoms with Crippen molar-refractivity contribution in [2.45, 2.75) is 32.6 Å². The second-order valence-corrected chi connectivity index (χ2v) is 6.64. The van der Waals surface area contributed by atoms with Crippen molar-refractivity contribution < 1.29 is 13.9 Å². The first-order chi connectivity index (χ1) is 12.0. The quantitative estimate of drug-likeness (QED) is 0.478. The second kappa shape index (κ2) is 10.8. The van der Waals surface area contributed by atoms with Gasteiger partial charge in [-0.2, -0.15) is 0 Å². The Morgan fingerprint density at radius 1 is 1.16 bits per heavy atom. The SMILES string of the molecule is CC.COC(=O)c1cccc(N(CC(C)C)Sc2ccc(F)cc2)c1. The Hall–Kier alpha value is -2.01. The number of anilines is 1. The maximum atomic E-state index is 13.1. The summed E-state index contributed by atoms with van der Waals surface area (Å²) in [6.07, 6.45) is 0. The molecule has 0 aliphatic carbocycles. The van der Waals surface area contributed by atoms with Gasteiger partial charge in [-0.3, -0.25) is 0 Å². The molecule has 0 fully saturated rings. The molecule has 0 aromatic heterocycles. The van der Waals surface area contributed by atoms with Gasteiger partial charge in [0.15, 0.2) is 0 Å². The Balaban J connectivity index is 0.00000151. The van der Waals surface area contributed by atoms with Gasteiger partial charge in [0, 0.05) is 17.1 Å². The zero-order valence-electron chi connectivity index (χ0n) is 15.5. The van der Waals surface area contributed by atoms with Crippen molar-refractivity contribution in [2.24, 2.45) is 5.92 Å². The molecule has 0 heterocycles. The summed E-state index contributed by atoms with van der Waals surface area (Å²) in [6, 6.07) is 13.7. The van der Waals surface area contributed by atoms with E-state index < -0.39 is 0 Å². The molecular formula is C20H26FNO2S. The van der Waals surface area contributed by atoms with Crippen molar-refractivity contribution in [3.05, 3.63) is 59.9 Å². The summed E-state index contributed by atoms with van der Waals surface area (Å²) in [4.78, 5) is 12.7. The minimum atomic E-state index is -0.358. The van der Waals surface area contributed by atoms with Crippen molar-refractivity contribution in [1.82, 2.24) is 0 Å². The van der Waals surface area contributed by atoms with Gasteiger partial charge in [-0.1, -0.05) is 33.8 Å². The molecule has 25 heavy (non-hydrogen) atoms. The Labute approximate surface area is 154 Å². The maximum Gasteiger partial charge on any atom is 0.337 e. The number of halogens is 1. The van der Waals surface area contributed by atoms with E-state index in [0.717, 1.165) is 17.1 Å². The molecule has 0 saturated heterocycles. The van der Waals surface area contributed by atoms with Gasteiger partial charge in [-0.25, -0.2) is 9.18 Å². The number of methoxy groups -OCH3 is 1. The van der Waals surface area contributed by atoms with Gasteiger partial charge in [0.05, 0.1) is 12.7 Å². The van der Waals surface area contributed by atoms with Crippen molar-refractivity contribution in [3.63, 3.8) is 0 Å². The molecule has 0 amide bonds. The van der Waals surface area contributed by atoms with E-state index in [-0.39, 0.29) is 11.8 Å². The first kappa shape index (κ1) is 21.0. The van der Waals surface area contributed by atoms with Crippen LogP contribution in [0.25, 0.3) is 0 Å².